The summed E-state index contributed by atoms with van der Waals surface area (Å²) in [7, 11) is 0. The summed E-state index contributed by atoms with van der Waals surface area (Å²) in [6.07, 6.45) is 6.65. The molecule has 0 amide bonds. The second kappa shape index (κ2) is 2.71. The van der Waals surface area contributed by atoms with Gasteiger partial charge in [0.05, 0.1) is 0 Å². The maximum absolute atomic E-state index is 6.52. The van der Waals surface area contributed by atoms with Crippen LogP contribution in [0.4, 0.5) is 0 Å². The number of ether oxygens (including phenoxy) is 1. The number of rotatable bonds is 1. The van der Waals surface area contributed by atoms with Crippen LogP contribution in [0.3, 0.4) is 0 Å². The number of nitrogens with two attached hydrogens (primary N) is 1. The van der Waals surface area contributed by atoms with E-state index in [2.05, 4.69) is 0 Å². The predicted molar refractivity (Wildman–Crippen MR) is 51.3 cm³/mol. The smallest absolute Gasteiger partial charge is 0.0469 e. The maximum Gasteiger partial charge on any atom is 0.0469 e. The lowest BCUT2D eigenvalue weighted by atomic mass is 9.85. The van der Waals surface area contributed by atoms with Crippen molar-refractivity contribution in [3.63, 3.8) is 0 Å². The summed E-state index contributed by atoms with van der Waals surface area (Å²) in [6.45, 7) is 1.89. The SMILES string of the molecule is NC1(C2CCOCC2)C2CCCC21. The van der Waals surface area contributed by atoms with Gasteiger partial charge >= 0.3 is 0 Å². The third-order valence-corrected chi connectivity index (χ3v) is 4.62. The Morgan fingerprint density at radius 1 is 1.00 bits per heavy atom. The molecule has 0 aromatic carbocycles. The molecule has 3 aliphatic rings. The third-order valence-electron chi connectivity index (χ3n) is 4.62. The van der Waals surface area contributed by atoms with Gasteiger partial charge in [0, 0.05) is 18.8 Å². The lowest BCUT2D eigenvalue weighted by Gasteiger charge is -2.30. The van der Waals surface area contributed by atoms with Gasteiger partial charge in [-0.2, -0.15) is 0 Å². The molecular weight excluding hydrogens is 162 g/mol. The van der Waals surface area contributed by atoms with Crippen LogP contribution < -0.4 is 5.73 Å². The van der Waals surface area contributed by atoms with Crippen molar-refractivity contribution in [2.24, 2.45) is 23.5 Å². The molecule has 3 fully saturated rings. The molecule has 0 bridgehead atoms. The summed E-state index contributed by atoms with van der Waals surface area (Å²) < 4.78 is 5.39. The van der Waals surface area contributed by atoms with Crippen LogP contribution in [0, 0.1) is 17.8 Å². The summed E-state index contributed by atoms with van der Waals surface area (Å²) in [5.74, 6) is 2.54. The topological polar surface area (TPSA) is 35.2 Å². The van der Waals surface area contributed by atoms with Crippen LogP contribution in [0.1, 0.15) is 32.1 Å². The normalized spacial score (nSPS) is 50.5. The number of hydrogen-bond donors (Lipinski definition) is 1. The molecule has 2 aliphatic carbocycles. The highest BCUT2D eigenvalue weighted by Crippen LogP contribution is 2.63. The van der Waals surface area contributed by atoms with Crippen LogP contribution in [0.2, 0.25) is 0 Å². The van der Waals surface area contributed by atoms with E-state index in [1.165, 1.54) is 32.1 Å². The van der Waals surface area contributed by atoms with Gasteiger partial charge in [-0.25, -0.2) is 0 Å². The van der Waals surface area contributed by atoms with Gasteiger partial charge in [-0.05, 0) is 43.4 Å². The van der Waals surface area contributed by atoms with Crippen molar-refractivity contribution in [2.75, 3.05) is 13.2 Å². The zero-order chi connectivity index (χ0) is 8.89. The van der Waals surface area contributed by atoms with E-state index < -0.39 is 0 Å². The average molecular weight is 181 g/mol. The minimum Gasteiger partial charge on any atom is -0.381 e. The maximum atomic E-state index is 6.52. The summed E-state index contributed by atoms with van der Waals surface area (Å²) in [5.41, 5.74) is 6.77. The minimum atomic E-state index is 0.252. The fraction of sp³-hybridized carbons (Fsp3) is 1.00. The van der Waals surface area contributed by atoms with Gasteiger partial charge in [0.15, 0.2) is 0 Å². The van der Waals surface area contributed by atoms with Crippen molar-refractivity contribution < 1.29 is 4.74 Å². The Hall–Kier alpha value is -0.0800. The Morgan fingerprint density at radius 3 is 2.23 bits per heavy atom. The van der Waals surface area contributed by atoms with Crippen LogP contribution in [0.15, 0.2) is 0 Å². The Labute approximate surface area is 79.8 Å². The molecule has 2 nitrogen and oxygen atoms in total. The Bertz CT molecular complexity index is 200. The molecule has 0 spiro atoms. The second-order valence-electron chi connectivity index (χ2n) is 5.03. The highest BCUT2D eigenvalue weighted by atomic mass is 16.5. The van der Waals surface area contributed by atoms with Crippen LogP contribution in [0.25, 0.3) is 0 Å². The highest BCUT2D eigenvalue weighted by molar-refractivity contribution is 5.21. The van der Waals surface area contributed by atoms with Gasteiger partial charge in [0.1, 0.15) is 0 Å². The molecule has 1 saturated heterocycles. The molecule has 1 heterocycles. The van der Waals surface area contributed by atoms with Crippen molar-refractivity contribution in [1.29, 1.82) is 0 Å². The van der Waals surface area contributed by atoms with Gasteiger partial charge < -0.3 is 10.5 Å². The van der Waals surface area contributed by atoms with Gasteiger partial charge in [-0.1, -0.05) is 6.42 Å². The fourth-order valence-corrected chi connectivity index (χ4v) is 3.85. The first-order valence-electron chi connectivity index (χ1n) is 5.70. The zero-order valence-corrected chi connectivity index (χ0v) is 8.17. The lowest BCUT2D eigenvalue weighted by Crippen LogP contribution is -2.40. The molecule has 2 unspecified atom stereocenters. The first kappa shape index (κ1) is 8.25. The van der Waals surface area contributed by atoms with E-state index in [0.29, 0.717) is 0 Å². The molecule has 13 heavy (non-hydrogen) atoms. The van der Waals surface area contributed by atoms with E-state index in [1.54, 1.807) is 0 Å². The summed E-state index contributed by atoms with van der Waals surface area (Å²) in [4.78, 5) is 0. The number of hydrogen-bond acceptors (Lipinski definition) is 2. The van der Waals surface area contributed by atoms with Gasteiger partial charge in [-0.3, -0.25) is 0 Å². The van der Waals surface area contributed by atoms with E-state index in [0.717, 1.165) is 31.0 Å². The molecule has 2 N–H and O–H groups in total. The lowest BCUT2D eigenvalue weighted by molar-refractivity contribution is 0.0498. The average Bonchev–Trinajstić information content (AvgIpc) is 2.62. The summed E-state index contributed by atoms with van der Waals surface area (Å²) in [5, 5.41) is 0. The van der Waals surface area contributed by atoms with Crippen molar-refractivity contribution in [3.8, 4) is 0 Å². The Morgan fingerprint density at radius 2 is 1.62 bits per heavy atom. The first-order valence-corrected chi connectivity index (χ1v) is 5.70. The number of fused-ring (bicyclic) bond motifs is 1. The molecule has 1 aliphatic heterocycles. The van der Waals surface area contributed by atoms with Crippen molar-refractivity contribution >= 4 is 0 Å². The Balaban J connectivity index is 1.71. The summed E-state index contributed by atoms with van der Waals surface area (Å²) >= 11 is 0. The highest BCUT2D eigenvalue weighted by Gasteiger charge is 2.66. The van der Waals surface area contributed by atoms with Crippen LogP contribution >= 0.6 is 0 Å². The van der Waals surface area contributed by atoms with Gasteiger partial charge in [0.25, 0.3) is 0 Å². The molecule has 2 heteroatoms. The monoisotopic (exact) mass is 181 g/mol. The molecule has 0 aromatic heterocycles. The second-order valence-corrected chi connectivity index (χ2v) is 5.03. The quantitative estimate of drug-likeness (QED) is 0.666. The van der Waals surface area contributed by atoms with E-state index in [4.69, 9.17) is 10.5 Å². The van der Waals surface area contributed by atoms with Crippen LogP contribution in [0.5, 0.6) is 0 Å². The zero-order valence-electron chi connectivity index (χ0n) is 8.17. The van der Waals surface area contributed by atoms with E-state index in [-0.39, 0.29) is 5.54 Å². The molecule has 0 aromatic rings. The third kappa shape index (κ3) is 1.02. The van der Waals surface area contributed by atoms with E-state index >= 15 is 0 Å². The van der Waals surface area contributed by atoms with E-state index in [1.807, 2.05) is 0 Å². The van der Waals surface area contributed by atoms with Crippen molar-refractivity contribution in [3.05, 3.63) is 0 Å². The standard InChI is InChI=1S/C11H19NO/c12-11(8-4-6-13-7-5-8)9-2-1-3-10(9)11/h8-10H,1-7,12H2. The molecule has 3 rings (SSSR count). The van der Waals surface area contributed by atoms with Crippen LogP contribution in [-0.4, -0.2) is 18.8 Å². The van der Waals surface area contributed by atoms with E-state index in [9.17, 15) is 0 Å². The Kier molecular flexibility index (Phi) is 1.72. The van der Waals surface area contributed by atoms with Crippen LogP contribution in [-0.2, 0) is 4.74 Å². The molecule has 2 saturated carbocycles. The molecule has 0 radical (unpaired) electrons. The minimum absolute atomic E-state index is 0.252. The predicted octanol–water partition coefficient (Wildman–Crippen LogP) is 1.54. The molecule has 74 valence electrons. The molecular formula is C11H19NO. The molecule has 2 atom stereocenters. The fourth-order valence-electron chi connectivity index (χ4n) is 3.85. The van der Waals surface area contributed by atoms with Crippen molar-refractivity contribution in [2.45, 2.75) is 37.6 Å². The van der Waals surface area contributed by atoms with Crippen molar-refractivity contribution in [1.82, 2.24) is 0 Å². The summed E-state index contributed by atoms with van der Waals surface area (Å²) in [6, 6.07) is 0. The van der Waals surface area contributed by atoms with Gasteiger partial charge in [0.2, 0.25) is 0 Å². The van der Waals surface area contributed by atoms with Gasteiger partial charge in [-0.15, -0.1) is 0 Å². The first-order chi connectivity index (χ1) is 6.33. The largest absolute Gasteiger partial charge is 0.381 e.